The van der Waals surface area contributed by atoms with E-state index in [4.69, 9.17) is 0 Å². The number of imidazole rings is 1. The zero-order valence-corrected chi connectivity index (χ0v) is 13.8. The largest absolute Gasteiger partial charge is 0.386 e. The number of aliphatic hydroxyl groups excluding tert-OH is 1. The van der Waals surface area contributed by atoms with Crippen molar-refractivity contribution < 1.29 is 5.11 Å². The van der Waals surface area contributed by atoms with Crippen LogP contribution in [0.15, 0.2) is 35.2 Å². The van der Waals surface area contributed by atoms with Crippen LogP contribution in [-0.4, -0.2) is 43.8 Å². The molecule has 3 aromatic heterocycles. The van der Waals surface area contributed by atoms with Crippen molar-refractivity contribution in [3.63, 3.8) is 0 Å². The van der Waals surface area contributed by atoms with Crippen LogP contribution >= 0.6 is 11.3 Å². The van der Waals surface area contributed by atoms with Crippen LogP contribution in [0.1, 0.15) is 17.4 Å². The summed E-state index contributed by atoms with van der Waals surface area (Å²) in [6.45, 7) is 0.917. The van der Waals surface area contributed by atoms with Crippen molar-refractivity contribution >= 4 is 22.3 Å². The number of guanidine groups is 1. The summed E-state index contributed by atoms with van der Waals surface area (Å²) in [5, 5.41) is 22.4. The van der Waals surface area contributed by atoms with E-state index >= 15 is 0 Å². The maximum Gasteiger partial charge on any atom is 0.193 e. The molecule has 3 N–H and O–H groups in total. The Morgan fingerprint density at radius 2 is 2.30 bits per heavy atom. The number of aromatic nitrogens is 4. The van der Waals surface area contributed by atoms with Gasteiger partial charge in [-0.2, -0.15) is 5.10 Å². The highest BCUT2D eigenvalue weighted by molar-refractivity contribution is 7.15. The number of nitrogens with zero attached hydrogens (tertiary/aromatic N) is 5. The second-order valence-corrected chi connectivity index (χ2v) is 5.97. The Hall–Kier alpha value is -2.39. The smallest absolute Gasteiger partial charge is 0.193 e. The lowest BCUT2D eigenvalue weighted by Crippen LogP contribution is -2.39. The monoisotopic (exact) mass is 333 g/mol. The molecule has 0 saturated heterocycles. The highest BCUT2D eigenvalue weighted by Gasteiger charge is 2.10. The Morgan fingerprint density at radius 1 is 1.43 bits per heavy atom. The van der Waals surface area contributed by atoms with E-state index in [9.17, 15) is 5.11 Å². The van der Waals surface area contributed by atoms with Gasteiger partial charge >= 0.3 is 0 Å². The number of thiazole rings is 1. The normalized spacial score (nSPS) is 13.4. The fourth-order valence-electron chi connectivity index (χ4n) is 2.18. The van der Waals surface area contributed by atoms with Crippen molar-refractivity contribution in [2.45, 2.75) is 12.6 Å². The number of hydrogen-bond donors (Lipinski definition) is 3. The molecule has 3 rings (SSSR count). The van der Waals surface area contributed by atoms with Crippen LogP contribution in [-0.2, 0) is 13.6 Å². The van der Waals surface area contributed by atoms with E-state index in [1.807, 2.05) is 29.2 Å². The molecule has 0 spiro atoms. The van der Waals surface area contributed by atoms with E-state index in [0.717, 1.165) is 16.2 Å². The number of aliphatic hydroxyl groups is 1. The van der Waals surface area contributed by atoms with Crippen molar-refractivity contribution in [3.05, 3.63) is 41.4 Å². The summed E-state index contributed by atoms with van der Waals surface area (Å²) in [6.07, 6.45) is 6.77. The van der Waals surface area contributed by atoms with Gasteiger partial charge in [0.15, 0.2) is 10.9 Å². The van der Waals surface area contributed by atoms with Crippen LogP contribution in [0.5, 0.6) is 0 Å². The number of rotatable bonds is 5. The second kappa shape index (κ2) is 6.80. The molecule has 0 amide bonds. The fraction of sp³-hybridized carbons (Fsp3) is 0.357. The van der Waals surface area contributed by atoms with Gasteiger partial charge in [-0.05, 0) is 0 Å². The zero-order valence-electron chi connectivity index (χ0n) is 13.0. The molecular formula is C14H19N7OS. The Bertz CT molecular complexity index is 774. The predicted molar refractivity (Wildman–Crippen MR) is 89.4 cm³/mol. The first kappa shape index (κ1) is 15.5. The minimum Gasteiger partial charge on any atom is -0.386 e. The molecule has 0 aliphatic heterocycles. The van der Waals surface area contributed by atoms with Gasteiger partial charge in [0, 0.05) is 50.2 Å². The average molecular weight is 333 g/mol. The van der Waals surface area contributed by atoms with Crippen molar-refractivity contribution in [1.82, 2.24) is 29.8 Å². The van der Waals surface area contributed by atoms with E-state index in [-0.39, 0.29) is 0 Å². The Balaban J connectivity index is 1.51. The van der Waals surface area contributed by atoms with Gasteiger partial charge in [0.2, 0.25) is 0 Å². The maximum atomic E-state index is 10.1. The van der Waals surface area contributed by atoms with Crippen LogP contribution in [0.4, 0.5) is 0 Å². The van der Waals surface area contributed by atoms with Gasteiger partial charge in [0.25, 0.3) is 0 Å². The fourth-order valence-corrected chi connectivity index (χ4v) is 2.90. The molecule has 0 saturated carbocycles. The third kappa shape index (κ3) is 3.69. The summed E-state index contributed by atoms with van der Waals surface area (Å²) < 4.78 is 3.65. The van der Waals surface area contributed by atoms with E-state index < -0.39 is 6.10 Å². The third-order valence-corrected chi connectivity index (χ3v) is 4.15. The van der Waals surface area contributed by atoms with Gasteiger partial charge in [-0.25, -0.2) is 4.98 Å². The highest BCUT2D eigenvalue weighted by atomic mass is 32.1. The molecule has 0 aliphatic rings. The Morgan fingerprint density at radius 3 is 3.00 bits per heavy atom. The van der Waals surface area contributed by atoms with Crippen molar-refractivity contribution in [3.8, 4) is 0 Å². The molecule has 23 heavy (non-hydrogen) atoms. The minimum absolute atomic E-state index is 0.351. The molecule has 0 radical (unpaired) electrons. The predicted octanol–water partition coefficient (Wildman–Crippen LogP) is 0.528. The van der Waals surface area contributed by atoms with Gasteiger partial charge in [-0.3, -0.25) is 14.1 Å². The second-order valence-electron chi connectivity index (χ2n) is 5.09. The summed E-state index contributed by atoms with van der Waals surface area (Å²) in [5.41, 5.74) is 1.71. The SMILES string of the molecule is CN=C(NCc1cn2ccsc2n1)NCC(O)c1cnn(C)c1. The highest BCUT2D eigenvalue weighted by Crippen LogP contribution is 2.11. The van der Waals surface area contributed by atoms with Gasteiger partial charge in [-0.15, -0.1) is 11.3 Å². The van der Waals surface area contributed by atoms with Gasteiger partial charge in [0.1, 0.15) is 0 Å². The van der Waals surface area contributed by atoms with E-state index in [0.29, 0.717) is 19.0 Å². The Labute approximate surface area is 137 Å². The maximum absolute atomic E-state index is 10.1. The van der Waals surface area contributed by atoms with Crippen LogP contribution in [0.2, 0.25) is 0 Å². The van der Waals surface area contributed by atoms with Crippen LogP contribution in [0.3, 0.4) is 0 Å². The molecule has 1 atom stereocenters. The molecule has 0 bridgehead atoms. The molecule has 122 valence electrons. The van der Waals surface area contributed by atoms with E-state index in [1.54, 1.807) is 35.5 Å². The molecule has 8 nitrogen and oxygen atoms in total. The van der Waals surface area contributed by atoms with Crippen LogP contribution in [0.25, 0.3) is 4.96 Å². The zero-order chi connectivity index (χ0) is 16.2. The van der Waals surface area contributed by atoms with Crippen molar-refractivity contribution in [1.29, 1.82) is 0 Å². The van der Waals surface area contributed by atoms with Gasteiger partial charge in [-0.1, -0.05) is 0 Å². The van der Waals surface area contributed by atoms with Gasteiger partial charge < -0.3 is 15.7 Å². The Kier molecular flexibility index (Phi) is 4.58. The quantitative estimate of drug-likeness (QED) is 0.468. The lowest BCUT2D eigenvalue weighted by molar-refractivity contribution is 0.180. The number of hydrogen-bond acceptors (Lipinski definition) is 5. The molecule has 3 aromatic rings. The topological polar surface area (TPSA) is 91.8 Å². The first-order valence-electron chi connectivity index (χ1n) is 7.18. The molecule has 0 aromatic carbocycles. The molecular weight excluding hydrogens is 314 g/mol. The number of fused-ring (bicyclic) bond motifs is 1. The van der Waals surface area contributed by atoms with Crippen molar-refractivity contribution in [2.75, 3.05) is 13.6 Å². The minimum atomic E-state index is -0.639. The summed E-state index contributed by atoms with van der Waals surface area (Å²) in [4.78, 5) is 9.62. The van der Waals surface area contributed by atoms with Crippen LogP contribution in [0, 0.1) is 0 Å². The summed E-state index contributed by atoms with van der Waals surface area (Å²) in [7, 11) is 3.51. The molecule has 1 unspecified atom stereocenters. The van der Waals surface area contributed by atoms with E-state index in [2.05, 4.69) is 25.7 Å². The van der Waals surface area contributed by atoms with E-state index in [1.165, 1.54) is 0 Å². The number of aryl methyl sites for hydroxylation is 1. The lowest BCUT2D eigenvalue weighted by atomic mass is 10.2. The molecule has 9 heteroatoms. The average Bonchev–Trinajstić information content (AvgIpc) is 3.22. The summed E-state index contributed by atoms with van der Waals surface area (Å²) in [6, 6.07) is 0. The third-order valence-electron chi connectivity index (χ3n) is 3.38. The number of nitrogens with one attached hydrogen (secondary N) is 2. The first-order valence-corrected chi connectivity index (χ1v) is 8.06. The summed E-state index contributed by atoms with van der Waals surface area (Å²) >= 11 is 1.60. The molecule has 0 fully saturated rings. The molecule has 0 aliphatic carbocycles. The van der Waals surface area contributed by atoms with Gasteiger partial charge in [0.05, 0.1) is 24.5 Å². The number of aliphatic imine (C=N–C) groups is 1. The van der Waals surface area contributed by atoms with Crippen molar-refractivity contribution in [2.24, 2.45) is 12.0 Å². The standard InChI is InChI=1S/C14H19N7OS/c1-15-13(17-7-12(22)10-5-18-20(2)8-10)16-6-11-9-21-3-4-23-14(21)19-11/h3-5,8-9,12,22H,6-7H2,1-2H3,(H2,15,16,17). The lowest BCUT2D eigenvalue weighted by Gasteiger charge is -2.14. The first-order chi connectivity index (χ1) is 11.2. The summed E-state index contributed by atoms with van der Waals surface area (Å²) in [5.74, 6) is 0.615. The molecule has 3 heterocycles. The van der Waals surface area contributed by atoms with Crippen LogP contribution < -0.4 is 10.6 Å².